The highest BCUT2D eigenvalue weighted by atomic mass is 32.2. The Morgan fingerprint density at radius 1 is 1.10 bits per heavy atom. The third kappa shape index (κ3) is 7.84. The van der Waals surface area contributed by atoms with Crippen LogP contribution in [0.15, 0.2) is 59.2 Å². The molecule has 1 aromatic heterocycles. The van der Waals surface area contributed by atoms with Crippen molar-refractivity contribution >= 4 is 35.2 Å². The van der Waals surface area contributed by atoms with E-state index in [-0.39, 0.29) is 47.3 Å². The SMILES string of the molecule is CSc1ncc(-c2cc(C(F)(F)F)ccc2NC(=O)C2=C(O)[C@@]3(C)CCCN3N(Cc3ccc(C#CCCCCC(=O)O)c(F)c3F)C2=O)cn1. The highest BCUT2D eigenvalue weighted by molar-refractivity contribution is 7.98. The zero-order valence-electron chi connectivity index (χ0n) is 27.4. The number of halogens is 5. The predicted octanol–water partition coefficient (Wildman–Crippen LogP) is 6.72. The first-order valence-corrected chi connectivity index (χ1v) is 17.0. The first kappa shape index (κ1) is 37.3. The Morgan fingerprint density at radius 2 is 1.82 bits per heavy atom. The van der Waals surface area contributed by atoms with Crippen molar-refractivity contribution < 1.29 is 46.5 Å². The number of aromatic nitrogens is 2. The molecule has 3 heterocycles. The van der Waals surface area contributed by atoms with E-state index in [1.54, 1.807) is 13.2 Å². The number of aliphatic carboxylic acids is 1. The van der Waals surface area contributed by atoms with E-state index in [1.165, 1.54) is 41.3 Å². The Labute approximate surface area is 293 Å². The summed E-state index contributed by atoms with van der Waals surface area (Å²) in [5.74, 6) is -0.951. The van der Waals surface area contributed by atoms with Gasteiger partial charge in [-0.05, 0) is 63.1 Å². The average Bonchev–Trinajstić information content (AvgIpc) is 3.49. The lowest BCUT2D eigenvalue weighted by atomic mass is 9.90. The van der Waals surface area contributed by atoms with Gasteiger partial charge in [0.25, 0.3) is 11.8 Å². The number of nitrogens with zero attached hydrogens (tertiary/aromatic N) is 4. The molecule has 0 saturated carbocycles. The molecule has 0 spiro atoms. The number of carbonyl (C=O) groups excluding carboxylic acids is 2. The molecule has 2 aromatic carbocycles. The van der Waals surface area contributed by atoms with Gasteiger partial charge in [-0.2, -0.15) is 13.2 Å². The Balaban J connectivity index is 1.44. The van der Waals surface area contributed by atoms with Gasteiger partial charge in [0.15, 0.2) is 16.8 Å². The number of nitrogens with one attached hydrogen (secondary N) is 1. The second-order valence-corrected chi connectivity index (χ2v) is 12.8. The van der Waals surface area contributed by atoms with E-state index in [4.69, 9.17) is 5.11 Å². The monoisotopic (exact) mass is 729 g/mol. The number of aliphatic hydroxyl groups excluding tert-OH is 1. The summed E-state index contributed by atoms with van der Waals surface area (Å²) >= 11 is 1.21. The summed E-state index contributed by atoms with van der Waals surface area (Å²) in [7, 11) is 0. The first-order valence-electron chi connectivity index (χ1n) is 15.8. The molecule has 0 unspecified atom stereocenters. The maximum atomic E-state index is 15.4. The molecule has 2 aliphatic heterocycles. The number of hydrazine groups is 1. The molecular formula is C35H32F5N5O5S. The fourth-order valence-electron chi connectivity index (χ4n) is 5.98. The number of rotatable bonds is 10. The highest BCUT2D eigenvalue weighted by Gasteiger charge is 2.52. The van der Waals surface area contributed by atoms with Gasteiger partial charge in [-0.15, -0.1) is 0 Å². The van der Waals surface area contributed by atoms with E-state index < -0.39 is 64.6 Å². The molecule has 1 saturated heterocycles. The van der Waals surface area contributed by atoms with Gasteiger partial charge in [-0.1, -0.05) is 29.7 Å². The van der Waals surface area contributed by atoms with Crippen molar-refractivity contribution in [1.82, 2.24) is 20.0 Å². The molecule has 1 fully saturated rings. The molecule has 0 aliphatic carbocycles. The van der Waals surface area contributed by atoms with E-state index >= 15 is 8.78 Å². The number of thioether (sulfide) groups is 1. The van der Waals surface area contributed by atoms with E-state index in [0.29, 0.717) is 30.8 Å². The third-order valence-electron chi connectivity index (χ3n) is 8.68. The van der Waals surface area contributed by atoms with Crippen LogP contribution in [0, 0.1) is 23.5 Å². The molecule has 0 radical (unpaired) electrons. The topological polar surface area (TPSA) is 136 Å². The van der Waals surface area contributed by atoms with E-state index in [2.05, 4.69) is 27.1 Å². The molecule has 2 aliphatic rings. The second-order valence-electron chi connectivity index (χ2n) is 12.1. The third-order valence-corrected chi connectivity index (χ3v) is 9.26. The van der Waals surface area contributed by atoms with Gasteiger partial charge in [-0.25, -0.2) is 23.8 Å². The molecule has 10 nitrogen and oxygen atoms in total. The maximum absolute atomic E-state index is 15.4. The lowest BCUT2D eigenvalue weighted by molar-refractivity contribution is -0.160. The van der Waals surface area contributed by atoms with Crippen molar-refractivity contribution in [2.24, 2.45) is 0 Å². The molecule has 1 atom stereocenters. The Kier molecular flexibility index (Phi) is 11.0. The summed E-state index contributed by atoms with van der Waals surface area (Å²) in [6.07, 6.45) is 1.44. The van der Waals surface area contributed by atoms with Crippen LogP contribution >= 0.6 is 11.8 Å². The van der Waals surface area contributed by atoms with Crippen LogP contribution in [0.4, 0.5) is 27.6 Å². The second kappa shape index (κ2) is 15.1. The minimum absolute atomic E-state index is 0.0284. The number of anilines is 1. The average molecular weight is 730 g/mol. The van der Waals surface area contributed by atoms with Crippen LogP contribution in [0.5, 0.6) is 0 Å². The Morgan fingerprint density at radius 3 is 2.49 bits per heavy atom. The van der Waals surface area contributed by atoms with E-state index in [1.807, 2.05) is 0 Å². The van der Waals surface area contributed by atoms with Gasteiger partial charge in [0.1, 0.15) is 11.3 Å². The number of hydrogen-bond acceptors (Lipinski definition) is 8. The van der Waals surface area contributed by atoms with Crippen LogP contribution in [-0.4, -0.2) is 66.3 Å². The largest absolute Gasteiger partial charge is 0.509 e. The quantitative estimate of drug-likeness (QED) is 0.0519. The zero-order valence-corrected chi connectivity index (χ0v) is 28.2. The zero-order chi connectivity index (χ0) is 37.1. The summed E-state index contributed by atoms with van der Waals surface area (Å²) in [6, 6.07) is 5.08. The lowest BCUT2D eigenvalue weighted by Crippen LogP contribution is -2.60. The number of fused-ring (bicyclic) bond motifs is 1. The number of aliphatic hydroxyl groups is 1. The van der Waals surface area contributed by atoms with Crippen LogP contribution in [0.3, 0.4) is 0 Å². The lowest BCUT2D eigenvalue weighted by Gasteiger charge is -2.46. The summed E-state index contributed by atoms with van der Waals surface area (Å²) in [5.41, 5.74) is -3.55. The van der Waals surface area contributed by atoms with Gasteiger partial charge in [0.2, 0.25) is 0 Å². The molecule has 0 bridgehead atoms. The molecule has 3 N–H and O–H groups in total. The Hall–Kier alpha value is -5.01. The van der Waals surface area contributed by atoms with Crippen LogP contribution in [0.1, 0.15) is 62.1 Å². The van der Waals surface area contributed by atoms with E-state index in [0.717, 1.165) is 23.2 Å². The maximum Gasteiger partial charge on any atom is 0.416 e. The molecule has 51 heavy (non-hydrogen) atoms. The van der Waals surface area contributed by atoms with Crippen molar-refractivity contribution in [3.63, 3.8) is 0 Å². The van der Waals surface area contributed by atoms with Crippen LogP contribution in [0.2, 0.25) is 0 Å². The fraction of sp³-hybridized carbons (Fsp3) is 0.343. The number of amides is 2. The van der Waals surface area contributed by atoms with Gasteiger partial charge in [-0.3, -0.25) is 19.4 Å². The van der Waals surface area contributed by atoms with Gasteiger partial charge >= 0.3 is 12.1 Å². The predicted molar refractivity (Wildman–Crippen MR) is 177 cm³/mol. The van der Waals surface area contributed by atoms with Gasteiger partial charge < -0.3 is 15.5 Å². The number of hydrogen-bond donors (Lipinski definition) is 3. The van der Waals surface area contributed by atoms with Crippen molar-refractivity contribution in [3.05, 3.63) is 82.4 Å². The Bertz CT molecular complexity index is 1960. The number of alkyl halides is 3. The number of carboxylic acid groups (broad SMARTS) is 1. The molecular weight excluding hydrogens is 697 g/mol. The van der Waals surface area contributed by atoms with Crippen LogP contribution in [0.25, 0.3) is 11.1 Å². The fourth-order valence-corrected chi connectivity index (χ4v) is 6.29. The van der Waals surface area contributed by atoms with Gasteiger partial charge in [0, 0.05) is 54.2 Å². The van der Waals surface area contributed by atoms with Crippen molar-refractivity contribution in [2.45, 2.75) is 68.9 Å². The number of carbonyl (C=O) groups is 3. The smallest absolute Gasteiger partial charge is 0.416 e. The number of unbranched alkanes of at least 4 members (excludes halogenated alkanes) is 2. The summed E-state index contributed by atoms with van der Waals surface area (Å²) in [6.45, 7) is 1.31. The van der Waals surface area contributed by atoms with Crippen molar-refractivity contribution in [3.8, 4) is 23.0 Å². The van der Waals surface area contributed by atoms with Crippen molar-refractivity contribution in [2.75, 3.05) is 18.1 Å². The summed E-state index contributed by atoms with van der Waals surface area (Å²) in [5, 5.41) is 25.5. The molecule has 5 rings (SSSR count). The van der Waals surface area contributed by atoms with Crippen LogP contribution < -0.4 is 5.32 Å². The normalized spacial score (nSPS) is 17.6. The summed E-state index contributed by atoms with van der Waals surface area (Å²) in [4.78, 5) is 46.6. The minimum Gasteiger partial charge on any atom is -0.509 e. The van der Waals surface area contributed by atoms with Crippen LogP contribution in [-0.2, 0) is 27.1 Å². The van der Waals surface area contributed by atoms with Gasteiger partial charge in [0.05, 0.1) is 23.2 Å². The molecule has 2 amide bonds. The number of carboxylic acids is 1. The minimum atomic E-state index is -4.72. The summed E-state index contributed by atoms with van der Waals surface area (Å²) < 4.78 is 71.5. The standard InChI is InChI=1S/C35H32F5N5O5S/c1-34-14-7-15-45(34)44(19-21-11-10-20(28(36)29(21)37)8-5-3-4-6-9-26(46)47)32(50)27(30(34)48)31(49)43-25-13-12-23(35(38,39)40)16-24(25)22-17-41-33(51-2)42-18-22/h10-13,16-18,48H,3-4,6-7,9,14-15,19H2,1-2H3,(H,43,49)(H,46,47)/t34-/m1/s1. The van der Waals surface area contributed by atoms with E-state index in [9.17, 15) is 32.7 Å². The number of benzene rings is 2. The molecule has 3 aromatic rings. The van der Waals surface area contributed by atoms with Crippen molar-refractivity contribution in [1.29, 1.82) is 0 Å². The first-order chi connectivity index (χ1) is 24.1. The molecule has 268 valence electrons. The molecule has 16 heteroatoms. The highest BCUT2D eigenvalue weighted by Crippen LogP contribution is 2.43.